The standard InChI is InChI=1S/C16H11F3N6OS2/c17-16(18,19)14-23-24-15(25(14)20)28-7-10-21-12(26)11-9(6-27-13(11)22-10)8-4-2-1-3-5-8/h1-6H,7,20H2,(H,21,22,26). The molecule has 0 spiro atoms. The fraction of sp³-hybridized carbons (Fsp3) is 0.125. The third-order valence-electron chi connectivity index (χ3n) is 3.83. The van der Waals surface area contributed by atoms with Crippen molar-refractivity contribution in [1.29, 1.82) is 0 Å². The zero-order chi connectivity index (χ0) is 19.9. The number of benzene rings is 1. The van der Waals surface area contributed by atoms with E-state index in [4.69, 9.17) is 5.84 Å². The lowest BCUT2D eigenvalue weighted by molar-refractivity contribution is -0.146. The highest BCUT2D eigenvalue weighted by atomic mass is 32.2. The number of alkyl halides is 3. The van der Waals surface area contributed by atoms with E-state index in [9.17, 15) is 18.0 Å². The van der Waals surface area contributed by atoms with Crippen LogP contribution in [0.5, 0.6) is 0 Å². The molecule has 3 N–H and O–H groups in total. The molecule has 0 radical (unpaired) electrons. The molecule has 0 saturated heterocycles. The van der Waals surface area contributed by atoms with E-state index in [1.165, 1.54) is 11.3 Å². The van der Waals surface area contributed by atoms with Crippen LogP contribution in [0.25, 0.3) is 21.3 Å². The summed E-state index contributed by atoms with van der Waals surface area (Å²) in [5.74, 6) is 4.49. The Balaban J connectivity index is 1.61. The van der Waals surface area contributed by atoms with Gasteiger partial charge in [0.05, 0.1) is 11.1 Å². The molecule has 0 unspecified atom stereocenters. The van der Waals surface area contributed by atoms with Crippen LogP contribution in [0.2, 0.25) is 0 Å². The number of aromatic amines is 1. The minimum Gasteiger partial charge on any atom is -0.335 e. The summed E-state index contributed by atoms with van der Waals surface area (Å²) in [7, 11) is 0. The van der Waals surface area contributed by atoms with Crippen molar-refractivity contribution in [2.75, 3.05) is 5.84 Å². The molecule has 4 rings (SSSR count). The van der Waals surface area contributed by atoms with Crippen LogP contribution in [0.4, 0.5) is 13.2 Å². The highest BCUT2D eigenvalue weighted by molar-refractivity contribution is 7.98. The van der Waals surface area contributed by atoms with E-state index in [0.29, 0.717) is 20.7 Å². The van der Waals surface area contributed by atoms with Crippen molar-refractivity contribution >= 4 is 33.3 Å². The van der Waals surface area contributed by atoms with Crippen molar-refractivity contribution in [3.8, 4) is 11.1 Å². The monoisotopic (exact) mass is 424 g/mol. The van der Waals surface area contributed by atoms with Crippen LogP contribution >= 0.6 is 23.1 Å². The lowest BCUT2D eigenvalue weighted by Gasteiger charge is -2.06. The van der Waals surface area contributed by atoms with Crippen molar-refractivity contribution in [1.82, 2.24) is 24.8 Å². The summed E-state index contributed by atoms with van der Waals surface area (Å²) in [5, 5.41) is 8.69. The molecule has 7 nitrogen and oxygen atoms in total. The highest BCUT2D eigenvalue weighted by Crippen LogP contribution is 2.32. The van der Waals surface area contributed by atoms with Crippen LogP contribution in [0.3, 0.4) is 0 Å². The second-order valence-electron chi connectivity index (χ2n) is 5.67. The van der Waals surface area contributed by atoms with Gasteiger partial charge in [-0.15, -0.1) is 21.5 Å². The number of hydrogen-bond acceptors (Lipinski definition) is 7. The first-order valence-electron chi connectivity index (χ1n) is 7.81. The maximum Gasteiger partial charge on any atom is 0.453 e. The molecule has 28 heavy (non-hydrogen) atoms. The van der Waals surface area contributed by atoms with Gasteiger partial charge in [-0.05, 0) is 5.56 Å². The summed E-state index contributed by atoms with van der Waals surface area (Å²) in [6.07, 6.45) is -4.70. The molecule has 12 heteroatoms. The lowest BCUT2D eigenvalue weighted by atomic mass is 10.1. The van der Waals surface area contributed by atoms with Gasteiger partial charge in [-0.1, -0.05) is 42.1 Å². The van der Waals surface area contributed by atoms with Crippen molar-refractivity contribution in [3.05, 3.63) is 57.7 Å². The van der Waals surface area contributed by atoms with E-state index in [1.807, 2.05) is 35.7 Å². The summed E-state index contributed by atoms with van der Waals surface area (Å²) in [4.78, 5) is 20.2. The molecule has 0 atom stereocenters. The van der Waals surface area contributed by atoms with Crippen LogP contribution in [-0.4, -0.2) is 24.8 Å². The summed E-state index contributed by atoms with van der Waals surface area (Å²) in [6.45, 7) is 0. The second-order valence-corrected chi connectivity index (χ2v) is 7.47. The van der Waals surface area contributed by atoms with Crippen LogP contribution in [0, 0.1) is 0 Å². The van der Waals surface area contributed by atoms with Crippen molar-refractivity contribution < 1.29 is 13.2 Å². The molecule has 4 aromatic rings. The fourth-order valence-corrected chi connectivity index (χ4v) is 4.29. The van der Waals surface area contributed by atoms with E-state index >= 15 is 0 Å². The molecule has 144 valence electrons. The Hall–Kier alpha value is -2.86. The molecule has 3 aromatic heterocycles. The molecule has 0 saturated carbocycles. The number of nitrogens with one attached hydrogen (secondary N) is 1. The topological polar surface area (TPSA) is 102 Å². The number of fused-ring (bicyclic) bond motifs is 1. The van der Waals surface area contributed by atoms with E-state index in [-0.39, 0.29) is 16.5 Å². The van der Waals surface area contributed by atoms with Gasteiger partial charge in [-0.25, -0.2) is 9.66 Å². The van der Waals surface area contributed by atoms with Gasteiger partial charge >= 0.3 is 6.18 Å². The normalized spacial score (nSPS) is 12.0. The maximum absolute atomic E-state index is 12.7. The number of nitrogens with two attached hydrogens (primary N) is 1. The van der Waals surface area contributed by atoms with Crippen molar-refractivity contribution in [2.24, 2.45) is 0 Å². The average Bonchev–Trinajstić information content (AvgIpc) is 3.24. The Morgan fingerprint density at radius 1 is 1.21 bits per heavy atom. The molecular formula is C16H11F3N6OS2. The Labute approximate surface area is 163 Å². The third kappa shape index (κ3) is 3.36. The van der Waals surface area contributed by atoms with E-state index in [1.54, 1.807) is 0 Å². The van der Waals surface area contributed by atoms with Crippen LogP contribution < -0.4 is 11.4 Å². The van der Waals surface area contributed by atoms with Gasteiger partial charge in [0.15, 0.2) is 0 Å². The van der Waals surface area contributed by atoms with Gasteiger partial charge in [-0.3, -0.25) is 4.79 Å². The molecule has 0 bridgehead atoms. The summed E-state index contributed by atoms with van der Waals surface area (Å²) in [6, 6.07) is 9.44. The molecule has 0 amide bonds. The van der Waals surface area contributed by atoms with E-state index < -0.39 is 12.0 Å². The Morgan fingerprint density at radius 2 is 1.96 bits per heavy atom. The number of rotatable bonds is 4. The van der Waals surface area contributed by atoms with Gasteiger partial charge in [0.1, 0.15) is 10.7 Å². The number of aromatic nitrogens is 5. The average molecular weight is 424 g/mol. The first-order chi connectivity index (χ1) is 13.3. The lowest BCUT2D eigenvalue weighted by Crippen LogP contribution is -2.21. The molecule has 0 aliphatic carbocycles. The summed E-state index contributed by atoms with van der Waals surface area (Å²) >= 11 is 2.22. The molecule has 3 heterocycles. The number of thioether (sulfide) groups is 1. The van der Waals surface area contributed by atoms with Crippen LogP contribution in [-0.2, 0) is 11.9 Å². The molecule has 1 aromatic carbocycles. The van der Waals surface area contributed by atoms with Crippen molar-refractivity contribution in [2.45, 2.75) is 17.1 Å². The van der Waals surface area contributed by atoms with Gasteiger partial charge in [-0.2, -0.15) is 13.2 Å². The Bertz CT molecular complexity index is 1200. The fourth-order valence-electron chi connectivity index (χ4n) is 2.59. The number of H-pyrrole nitrogens is 1. The molecule has 0 aliphatic heterocycles. The van der Waals surface area contributed by atoms with Gasteiger partial charge < -0.3 is 10.8 Å². The van der Waals surface area contributed by atoms with Crippen molar-refractivity contribution in [3.63, 3.8) is 0 Å². The molecule has 0 fully saturated rings. The van der Waals surface area contributed by atoms with E-state index in [0.717, 1.165) is 22.9 Å². The zero-order valence-corrected chi connectivity index (χ0v) is 15.5. The number of thiophene rings is 1. The third-order valence-corrected chi connectivity index (χ3v) is 5.66. The predicted octanol–water partition coefficient (Wildman–Crippen LogP) is 3.27. The maximum atomic E-state index is 12.7. The first kappa shape index (κ1) is 18.5. The zero-order valence-electron chi connectivity index (χ0n) is 13.9. The van der Waals surface area contributed by atoms with Gasteiger partial charge in [0, 0.05) is 10.9 Å². The summed E-state index contributed by atoms with van der Waals surface area (Å²) < 4.78 is 38.5. The first-order valence-corrected chi connectivity index (χ1v) is 9.67. The van der Waals surface area contributed by atoms with Crippen LogP contribution in [0.1, 0.15) is 11.6 Å². The van der Waals surface area contributed by atoms with E-state index in [2.05, 4.69) is 20.2 Å². The second kappa shape index (κ2) is 6.95. The highest BCUT2D eigenvalue weighted by Gasteiger charge is 2.38. The number of nitrogen functional groups attached to an aromatic ring is 1. The smallest absolute Gasteiger partial charge is 0.335 e. The minimum absolute atomic E-state index is 0.0803. The molecule has 0 aliphatic rings. The SMILES string of the molecule is Nn1c(SCc2nc3scc(-c4ccccc4)c3c(=O)[nH]2)nnc1C(F)(F)F. The molecular weight excluding hydrogens is 413 g/mol. The largest absolute Gasteiger partial charge is 0.453 e. The van der Waals surface area contributed by atoms with Gasteiger partial charge in [0.2, 0.25) is 5.16 Å². The number of nitrogens with zero attached hydrogens (tertiary/aromatic N) is 4. The predicted molar refractivity (Wildman–Crippen MR) is 100 cm³/mol. The Morgan fingerprint density at radius 3 is 2.64 bits per heavy atom. The minimum atomic E-state index is -4.70. The van der Waals surface area contributed by atoms with Crippen LogP contribution in [0.15, 0.2) is 45.7 Å². The Kier molecular flexibility index (Phi) is 4.59. The number of hydrogen-bond donors (Lipinski definition) is 2. The number of halogens is 3. The quantitative estimate of drug-likeness (QED) is 0.385. The summed E-state index contributed by atoms with van der Waals surface area (Å²) in [5.41, 5.74) is 1.37. The van der Waals surface area contributed by atoms with Gasteiger partial charge in [0.25, 0.3) is 11.4 Å².